The van der Waals surface area contributed by atoms with Crippen molar-refractivity contribution in [3.05, 3.63) is 69.5 Å². The van der Waals surface area contributed by atoms with Gasteiger partial charge in [-0.1, -0.05) is 25.8 Å². The normalized spacial score (nSPS) is 19.8. The van der Waals surface area contributed by atoms with E-state index in [1.165, 1.54) is 12.1 Å². The summed E-state index contributed by atoms with van der Waals surface area (Å²) in [6, 6.07) is 6.54. The van der Waals surface area contributed by atoms with Crippen LogP contribution in [0.1, 0.15) is 61.5 Å². The average Bonchev–Trinajstić information content (AvgIpc) is 3.36. The lowest BCUT2D eigenvalue weighted by Crippen LogP contribution is -2.25. The van der Waals surface area contributed by atoms with Crippen LogP contribution < -0.4 is 15.6 Å². The van der Waals surface area contributed by atoms with Crippen LogP contribution in [0, 0.1) is 0 Å². The number of amides is 1. The van der Waals surface area contributed by atoms with E-state index in [0.717, 1.165) is 43.7 Å². The third-order valence-electron chi connectivity index (χ3n) is 7.10. The molecule has 0 spiro atoms. The summed E-state index contributed by atoms with van der Waals surface area (Å²) in [5.74, 6) is -1.26. The Balaban J connectivity index is 1.70. The van der Waals surface area contributed by atoms with Crippen LogP contribution in [0.15, 0.2) is 47.4 Å². The molecule has 4 rings (SSSR count). The van der Waals surface area contributed by atoms with E-state index in [4.69, 9.17) is 0 Å². The Hall–Kier alpha value is -3.50. The molecule has 1 fully saturated rings. The lowest BCUT2D eigenvalue weighted by atomic mass is 10.0. The number of nitrogens with zero attached hydrogens (tertiary/aromatic N) is 1. The van der Waals surface area contributed by atoms with E-state index < -0.39 is 51.5 Å². The molecule has 0 bridgehead atoms. The maximum atomic E-state index is 14.0. The number of unbranched alkanes of at least 4 members (excludes halogenated alkanes) is 1. The van der Waals surface area contributed by atoms with Crippen molar-refractivity contribution in [2.45, 2.75) is 64.0 Å². The van der Waals surface area contributed by atoms with Crippen molar-refractivity contribution >= 4 is 28.2 Å². The van der Waals surface area contributed by atoms with Crippen molar-refractivity contribution in [2.24, 2.45) is 0 Å². The first-order valence-electron chi connectivity index (χ1n) is 11.7. The average molecular weight is 525 g/mol. The highest BCUT2D eigenvalue weighted by Crippen LogP contribution is 2.50. The molecule has 0 radical (unpaired) electrons. The molecule has 5 nitrogen and oxygen atoms in total. The lowest BCUT2D eigenvalue weighted by molar-refractivity contribution is -0.137. The van der Waals surface area contributed by atoms with Gasteiger partial charge in [0, 0.05) is 23.4 Å². The number of hydrogen-bond acceptors (Lipinski definition) is 3. The number of nitrogens with one attached hydrogen (secondary N) is 2. The van der Waals surface area contributed by atoms with E-state index >= 15 is 0 Å². The fraction of sp³-hybridized carbons (Fsp3) is 0.385. The second-order valence-corrected chi connectivity index (χ2v) is 9.45. The highest BCUT2D eigenvalue weighted by atomic mass is 19.4. The topological polar surface area (TPSA) is 65.0 Å². The van der Waals surface area contributed by atoms with E-state index in [1.54, 1.807) is 0 Å². The Bertz CT molecular complexity index is 1410. The number of alkyl halides is 6. The van der Waals surface area contributed by atoms with Crippen LogP contribution in [0.5, 0.6) is 0 Å². The molecule has 2 heterocycles. The van der Waals surface area contributed by atoms with Gasteiger partial charge >= 0.3 is 12.4 Å². The standard InChI is InChI=1S/C26H25F6N3O2/c1-4-5-11-24(3)14(2)35(24)15-9-10-19(18(12-15)26(30,31)32)34-23(37)16-13-33-20-8-6-7-17(25(27,28)29)21(20)22(16)36/h6-10,12-14H,4-5,11H2,1-3H3,(H,33,36)(H,34,37). The number of anilines is 2. The molecule has 198 valence electrons. The first-order chi connectivity index (χ1) is 17.2. The van der Waals surface area contributed by atoms with Gasteiger partial charge in [-0.3, -0.25) is 9.59 Å². The van der Waals surface area contributed by atoms with Gasteiger partial charge in [-0.2, -0.15) is 26.3 Å². The van der Waals surface area contributed by atoms with Crippen LogP contribution in [-0.4, -0.2) is 22.5 Å². The predicted molar refractivity (Wildman–Crippen MR) is 129 cm³/mol. The molecule has 0 aliphatic carbocycles. The second-order valence-electron chi connectivity index (χ2n) is 9.45. The number of rotatable bonds is 6. The summed E-state index contributed by atoms with van der Waals surface area (Å²) in [4.78, 5) is 30.0. The van der Waals surface area contributed by atoms with Gasteiger partial charge in [0.1, 0.15) is 5.56 Å². The van der Waals surface area contributed by atoms with Crippen molar-refractivity contribution in [1.29, 1.82) is 0 Å². The van der Waals surface area contributed by atoms with Gasteiger partial charge in [-0.25, -0.2) is 0 Å². The van der Waals surface area contributed by atoms with E-state index in [9.17, 15) is 35.9 Å². The molecular formula is C26H25F6N3O2. The summed E-state index contributed by atoms with van der Waals surface area (Å²) in [6.45, 7) is 5.95. The Morgan fingerprint density at radius 3 is 2.38 bits per heavy atom. The maximum absolute atomic E-state index is 14.0. The predicted octanol–water partition coefficient (Wildman–Crippen LogP) is 6.98. The van der Waals surface area contributed by atoms with Crippen molar-refractivity contribution < 1.29 is 31.1 Å². The molecule has 1 aliphatic heterocycles. The van der Waals surface area contributed by atoms with Crippen molar-refractivity contribution in [1.82, 2.24) is 4.98 Å². The van der Waals surface area contributed by atoms with Crippen LogP contribution in [0.25, 0.3) is 10.9 Å². The zero-order valence-electron chi connectivity index (χ0n) is 20.3. The molecule has 1 aliphatic rings. The molecule has 1 saturated heterocycles. The SMILES string of the molecule is CCCCC1(C)C(C)N1c1ccc(NC(=O)c2c[nH]c3cccc(C(F)(F)F)c3c2=O)c(C(F)(F)F)c1. The minimum atomic E-state index is -4.87. The number of halogens is 6. The van der Waals surface area contributed by atoms with Crippen LogP contribution in [0.3, 0.4) is 0 Å². The number of fused-ring (bicyclic) bond motifs is 1. The molecule has 2 unspecified atom stereocenters. The largest absolute Gasteiger partial charge is 0.418 e. The number of pyridine rings is 1. The summed E-state index contributed by atoms with van der Waals surface area (Å²) in [7, 11) is 0. The third kappa shape index (κ3) is 4.78. The minimum Gasteiger partial charge on any atom is -0.360 e. The van der Waals surface area contributed by atoms with Gasteiger partial charge in [0.25, 0.3) is 5.91 Å². The van der Waals surface area contributed by atoms with Crippen LogP contribution in [-0.2, 0) is 12.4 Å². The van der Waals surface area contributed by atoms with Crippen molar-refractivity contribution in [3.8, 4) is 0 Å². The fourth-order valence-electron chi connectivity index (χ4n) is 4.88. The van der Waals surface area contributed by atoms with Crippen molar-refractivity contribution in [3.63, 3.8) is 0 Å². The van der Waals surface area contributed by atoms with E-state index in [0.29, 0.717) is 11.8 Å². The number of carbonyl (C=O) groups excluding carboxylic acids is 1. The number of carbonyl (C=O) groups is 1. The first-order valence-corrected chi connectivity index (χ1v) is 11.7. The number of hydrogen-bond donors (Lipinski definition) is 2. The molecule has 1 aromatic heterocycles. The molecule has 0 saturated carbocycles. The molecule has 2 N–H and O–H groups in total. The highest BCUT2D eigenvalue weighted by molar-refractivity contribution is 6.06. The van der Waals surface area contributed by atoms with Crippen LogP contribution >= 0.6 is 0 Å². The number of aromatic nitrogens is 1. The quantitative estimate of drug-likeness (QED) is 0.270. The smallest absolute Gasteiger partial charge is 0.360 e. The van der Waals surface area contributed by atoms with Crippen LogP contribution in [0.4, 0.5) is 37.7 Å². The molecule has 11 heteroatoms. The Labute approximate surface area is 208 Å². The van der Waals surface area contributed by atoms with Gasteiger partial charge in [0.15, 0.2) is 0 Å². The number of aromatic amines is 1. The van der Waals surface area contributed by atoms with Crippen LogP contribution in [0.2, 0.25) is 0 Å². The Kier molecular flexibility index (Phi) is 6.54. The fourth-order valence-corrected chi connectivity index (χ4v) is 4.88. The van der Waals surface area contributed by atoms with Gasteiger partial charge < -0.3 is 15.2 Å². The number of H-pyrrole nitrogens is 1. The molecule has 2 atom stereocenters. The minimum absolute atomic E-state index is 0.0274. The molecule has 1 amide bonds. The third-order valence-corrected chi connectivity index (χ3v) is 7.10. The summed E-state index contributed by atoms with van der Waals surface area (Å²) < 4.78 is 82.2. The van der Waals surface area contributed by atoms with E-state index in [1.807, 2.05) is 25.7 Å². The monoisotopic (exact) mass is 525 g/mol. The molecule has 2 aromatic carbocycles. The Morgan fingerprint density at radius 2 is 1.76 bits per heavy atom. The first kappa shape index (κ1) is 26.6. The summed E-state index contributed by atoms with van der Waals surface area (Å²) >= 11 is 0. The lowest BCUT2D eigenvalue weighted by Gasteiger charge is -2.18. The van der Waals surface area contributed by atoms with Gasteiger partial charge in [-0.05, 0) is 50.6 Å². The summed E-state index contributed by atoms with van der Waals surface area (Å²) in [5, 5.41) is 1.30. The maximum Gasteiger partial charge on any atom is 0.418 e. The Morgan fingerprint density at radius 1 is 1.08 bits per heavy atom. The van der Waals surface area contributed by atoms with E-state index in [2.05, 4.69) is 10.3 Å². The summed E-state index contributed by atoms with van der Waals surface area (Å²) in [6.07, 6.45) is -6.13. The molecular weight excluding hydrogens is 500 g/mol. The van der Waals surface area contributed by atoms with Gasteiger partial charge in [0.05, 0.1) is 27.7 Å². The number of benzene rings is 2. The van der Waals surface area contributed by atoms with E-state index in [-0.39, 0.29) is 17.1 Å². The zero-order valence-corrected chi connectivity index (χ0v) is 20.3. The summed E-state index contributed by atoms with van der Waals surface area (Å²) in [5.41, 5.74) is -5.05. The zero-order chi connectivity index (χ0) is 27.3. The van der Waals surface area contributed by atoms with Gasteiger partial charge in [0.2, 0.25) is 5.43 Å². The second kappa shape index (κ2) is 9.11. The van der Waals surface area contributed by atoms with Gasteiger partial charge in [-0.15, -0.1) is 0 Å². The van der Waals surface area contributed by atoms with Crippen molar-refractivity contribution in [2.75, 3.05) is 10.2 Å². The highest BCUT2D eigenvalue weighted by Gasteiger charge is 2.55. The molecule has 3 aromatic rings. The molecule has 37 heavy (non-hydrogen) atoms.